The Labute approximate surface area is 348 Å². The molecule has 0 aromatic carbocycles. The van der Waals surface area contributed by atoms with E-state index in [2.05, 4.69) is 34.6 Å². The summed E-state index contributed by atoms with van der Waals surface area (Å²) in [6.45, 7) is 11.3. The fourth-order valence-electron chi connectivity index (χ4n) is 7.43. The van der Waals surface area contributed by atoms with Crippen molar-refractivity contribution >= 4 is 17.9 Å². The molecule has 1 unspecified atom stereocenters. The summed E-state index contributed by atoms with van der Waals surface area (Å²) < 4.78 is 16.7. The number of rotatable bonds is 44. The average molecular weight is 793 g/mol. The van der Waals surface area contributed by atoms with Gasteiger partial charge >= 0.3 is 17.9 Å². The smallest absolute Gasteiger partial charge is 0.306 e. The monoisotopic (exact) mass is 793 g/mol. The Morgan fingerprint density at radius 3 is 1.02 bits per heavy atom. The van der Waals surface area contributed by atoms with E-state index >= 15 is 0 Å². The molecule has 0 aromatic heterocycles. The SMILES string of the molecule is CCCCCCCCCCCCCCCCCCCC(=O)OC[C@H](COC(=O)CCCCCCCCC(C)C)OC(=O)CCCCCCCCCCC(C)CC. The topological polar surface area (TPSA) is 78.9 Å². The Balaban J connectivity index is 4.26. The van der Waals surface area contributed by atoms with Gasteiger partial charge in [-0.1, -0.05) is 234 Å². The third-order valence-corrected chi connectivity index (χ3v) is 11.6. The second-order valence-electron chi connectivity index (χ2n) is 17.8. The molecule has 56 heavy (non-hydrogen) atoms. The molecule has 0 spiro atoms. The van der Waals surface area contributed by atoms with Gasteiger partial charge in [0.1, 0.15) is 13.2 Å². The van der Waals surface area contributed by atoms with Gasteiger partial charge in [0.05, 0.1) is 0 Å². The van der Waals surface area contributed by atoms with Crippen molar-refractivity contribution in [1.82, 2.24) is 0 Å². The van der Waals surface area contributed by atoms with Crippen LogP contribution >= 0.6 is 0 Å². The van der Waals surface area contributed by atoms with Crippen LogP contribution in [0.4, 0.5) is 0 Å². The first-order valence-electron chi connectivity index (χ1n) is 24.8. The molecule has 0 aromatic rings. The minimum Gasteiger partial charge on any atom is -0.462 e. The van der Waals surface area contributed by atoms with Crippen LogP contribution < -0.4 is 0 Å². The van der Waals surface area contributed by atoms with Crippen LogP contribution in [0.25, 0.3) is 0 Å². The van der Waals surface area contributed by atoms with Crippen LogP contribution in [0.5, 0.6) is 0 Å². The van der Waals surface area contributed by atoms with E-state index in [1.165, 1.54) is 161 Å². The summed E-state index contributed by atoms with van der Waals surface area (Å²) in [5.74, 6) is 0.750. The van der Waals surface area contributed by atoms with Gasteiger partial charge in [0, 0.05) is 19.3 Å². The van der Waals surface area contributed by atoms with E-state index in [1.54, 1.807) is 0 Å². The van der Waals surface area contributed by atoms with Gasteiger partial charge in [0.25, 0.3) is 0 Å². The van der Waals surface area contributed by atoms with Gasteiger partial charge in [0.2, 0.25) is 0 Å². The Morgan fingerprint density at radius 2 is 0.679 bits per heavy atom. The molecule has 0 aliphatic carbocycles. The van der Waals surface area contributed by atoms with Crippen molar-refractivity contribution in [2.24, 2.45) is 11.8 Å². The molecule has 0 aliphatic heterocycles. The van der Waals surface area contributed by atoms with E-state index in [9.17, 15) is 14.4 Å². The molecular formula is C50H96O6. The van der Waals surface area contributed by atoms with Crippen molar-refractivity contribution in [1.29, 1.82) is 0 Å². The van der Waals surface area contributed by atoms with E-state index < -0.39 is 6.10 Å². The molecule has 6 nitrogen and oxygen atoms in total. The zero-order valence-corrected chi connectivity index (χ0v) is 38.3. The lowest BCUT2D eigenvalue weighted by atomic mass is 9.99. The van der Waals surface area contributed by atoms with Crippen molar-refractivity contribution in [3.05, 3.63) is 0 Å². The van der Waals surface area contributed by atoms with E-state index in [0.29, 0.717) is 19.3 Å². The maximum Gasteiger partial charge on any atom is 0.306 e. The molecule has 2 atom stereocenters. The molecule has 332 valence electrons. The number of hydrogen-bond acceptors (Lipinski definition) is 6. The first-order chi connectivity index (χ1) is 27.3. The third kappa shape index (κ3) is 42.0. The van der Waals surface area contributed by atoms with Crippen LogP contribution in [-0.4, -0.2) is 37.2 Å². The van der Waals surface area contributed by atoms with Gasteiger partial charge in [0.15, 0.2) is 6.10 Å². The normalized spacial score (nSPS) is 12.5. The van der Waals surface area contributed by atoms with Gasteiger partial charge in [-0.25, -0.2) is 0 Å². The lowest BCUT2D eigenvalue weighted by Crippen LogP contribution is -2.30. The zero-order chi connectivity index (χ0) is 41.2. The fraction of sp³-hybridized carbons (Fsp3) is 0.940. The van der Waals surface area contributed by atoms with Crippen molar-refractivity contribution in [2.45, 2.75) is 278 Å². The largest absolute Gasteiger partial charge is 0.462 e. The van der Waals surface area contributed by atoms with Gasteiger partial charge in [-0.2, -0.15) is 0 Å². The quantitative estimate of drug-likeness (QED) is 0.0347. The van der Waals surface area contributed by atoms with Gasteiger partial charge in [-0.15, -0.1) is 0 Å². The van der Waals surface area contributed by atoms with Gasteiger partial charge in [-0.3, -0.25) is 14.4 Å². The van der Waals surface area contributed by atoms with Crippen molar-refractivity contribution < 1.29 is 28.6 Å². The second-order valence-corrected chi connectivity index (χ2v) is 17.8. The molecule has 0 saturated heterocycles. The zero-order valence-electron chi connectivity index (χ0n) is 38.3. The molecule has 0 saturated carbocycles. The van der Waals surface area contributed by atoms with E-state index in [1.807, 2.05) is 0 Å². The van der Waals surface area contributed by atoms with Crippen LogP contribution in [0, 0.1) is 11.8 Å². The number of esters is 3. The highest BCUT2D eigenvalue weighted by atomic mass is 16.6. The predicted molar refractivity (Wildman–Crippen MR) is 238 cm³/mol. The predicted octanol–water partition coefficient (Wildman–Crippen LogP) is 15.8. The molecule has 0 radical (unpaired) electrons. The summed E-state index contributed by atoms with van der Waals surface area (Å²) in [4.78, 5) is 37.8. The molecule has 0 fully saturated rings. The van der Waals surface area contributed by atoms with E-state index in [0.717, 1.165) is 69.6 Å². The summed E-state index contributed by atoms with van der Waals surface area (Å²) in [5.41, 5.74) is 0. The highest BCUT2D eigenvalue weighted by molar-refractivity contribution is 5.71. The Morgan fingerprint density at radius 1 is 0.375 bits per heavy atom. The fourth-order valence-corrected chi connectivity index (χ4v) is 7.43. The number of carbonyl (C=O) groups excluding carboxylic acids is 3. The average Bonchev–Trinajstić information content (AvgIpc) is 3.18. The highest BCUT2D eigenvalue weighted by Crippen LogP contribution is 2.17. The summed E-state index contributed by atoms with van der Waals surface area (Å²) in [6, 6.07) is 0. The molecule has 0 N–H and O–H groups in total. The summed E-state index contributed by atoms with van der Waals surface area (Å²) in [5, 5.41) is 0. The molecule has 0 bridgehead atoms. The summed E-state index contributed by atoms with van der Waals surface area (Å²) >= 11 is 0. The molecule has 0 aliphatic rings. The third-order valence-electron chi connectivity index (χ3n) is 11.6. The van der Waals surface area contributed by atoms with E-state index in [-0.39, 0.29) is 31.1 Å². The maximum atomic E-state index is 12.7. The van der Waals surface area contributed by atoms with Crippen LogP contribution in [-0.2, 0) is 28.6 Å². The molecule has 0 heterocycles. The van der Waals surface area contributed by atoms with Crippen LogP contribution in [0.2, 0.25) is 0 Å². The number of carbonyl (C=O) groups is 3. The number of hydrogen-bond donors (Lipinski definition) is 0. The summed E-state index contributed by atoms with van der Waals surface area (Å²) in [7, 11) is 0. The number of ether oxygens (including phenoxy) is 3. The molecule has 0 rings (SSSR count). The highest BCUT2D eigenvalue weighted by Gasteiger charge is 2.19. The Kier molecular flexibility index (Phi) is 41.8. The summed E-state index contributed by atoms with van der Waals surface area (Å²) in [6.07, 6.45) is 42.4. The van der Waals surface area contributed by atoms with Gasteiger partial charge < -0.3 is 14.2 Å². The lowest BCUT2D eigenvalue weighted by Gasteiger charge is -2.18. The number of unbranched alkanes of at least 4 members (excludes halogenated alkanes) is 28. The van der Waals surface area contributed by atoms with Crippen LogP contribution in [0.1, 0.15) is 272 Å². The van der Waals surface area contributed by atoms with Crippen molar-refractivity contribution in [3.8, 4) is 0 Å². The minimum absolute atomic E-state index is 0.0653. The van der Waals surface area contributed by atoms with Crippen LogP contribution in [0.15, 0.2) is 0 Å². The Bertz CT molecular complexity index is 856. The standard InChI is InChI=1S/C50H96O6/c1-6-8-9-10-11-12-13-14-15-16-17-18-19-20-24-30-35-40-48(51)54-43-47(44-55-49(52)41-36-31-27-26-28-33-38-45(3)4)56-50(53)42-37-32-25-22-21-23-29-34-39-46(5)7-2/h45-47H,6-44H2,1-5H3/t46?,47-/m1/s1. The van der Waals surface area contributed by atoms with Crippen LogP contribution in [0.3, 0.4) is 0 Å². The molecular weight excluding hydrogens is 697 g/mol. The van der Waals surface area contributed by atoms with Crippen molar-refractivity contribution in [3.63, 3.8) is 0 Å². The molecule has 0 amide bonds. The minimum atomic E-state index is -0.762. The first kappa shape index (κ1) is 54.4. The maximum absolute atomic E-state index is 12.7. The first-order valence-corrected chi connectivity index (χ1v) is 24.8. The lowest BCUT2D eigenvalue weighted by molar-refractivity contribution is -0.167. The van der Waals surface area contributed by atoms with Gasteiger partial charge in [-0.05, 0) is 31.1 Å². The van der Waals surface area contributed by atoms with E-state index in [4.69, 9.17) is 14.2 Å². The van der Waals surface area contributed by atoms with Crippen molar-refractivity contribution in [2.75, 3.05) is 13.2 Å². The molecule has 6 heteroatoms. The second kappa shape index (κ2) is 43.0. The Hall–Kier alpha value is -1.59.